The second-order valence-corrected chi connectivity index (χ2v) is 12.9. The van der Waals surface area contributed by atoms with E-state index in [-0.39, 0.29) is 0 Å². The van der Waals surface area contributed by atoms with Gasteiger partial charge < -0.3 is 9.32 Å². The molecule has 9 rings (SSSR count). The molecule has 0 fully saturated rings. The first-order valence-electron chi connectivity index (χ1n) is 17.7. The predicted octanol–water partition coefficient (Wildman–Crippen LogP) is 14.2. The third-order valence-electron chi connectivity index (χ3n) is 9.70. The number of hydrogen-bond donors (Lipinski definition) is 0. The van der Waals surface area contributed by atoms with E-state index in [2.05, 4.69) is 205 Å². The topological polar surface area (TPSA) is 16.4 Å². The van der Waals surface area contributed by atoms with Crippen molar-refractivity contribution in [1.82, 2.24) is 0 Å². The molecule has 0 N–H and O–H groups in total. The summed E-state index contributed by atoms with van der Waals surface area (Å²) in [5.74, 6) is 0.885. The fourth-order valence-corrected chi connectivity index (χ4v) is 7.20. The number of para-hydroxylation sites is 2. The zero-order valence-corrected chi connectivity index (χ0v) is 28.6. The molecule has 0 saturated carbocycles. The van der Waals surface area contributed by atoms with Gasteiger partial charge in [0.15, 0.2) is 0 Å². The number of nitrogens with zero attached hydrogens (tertiary/aromatic N) is 1. The van der Waals surface area contributed by atoms with E-state index in [9.17, 15) is 0 Å². The molecule has 1 heterocycles. The quantitative estimate of drug-likeness (QED) is 0.161. The van der Waals surface area contributed by atoms with Crippen LogP contribution in [0.5, 0.6) is 0 Å². The normalized spacial score (nSPS) is 11.1. The lowest BCUT2D eigenvalue weighted by Crippen LogP contribution is -2.09. The summed E-state index contributed by atoms with van der Waals surface area (Å²) in [6.45, 7) is 0. The molecule has 0 saturated heterocycles. The number of anilines is 3. The van der Waals surface area contributed by atoms with Crippen molar-refractivity contribution < 1.29 is 4.42 Å². The van der Waals surface area contributed by atoms with Gasteiger partial charge >= 0.3 is 0 Å². The van der Waals surface area contributed by atoms with Gasteiger partial charge in [0.2, 0.25) is 0 Å². The Kier molecular flexibility index (Phi) is 8.24. The Morgan fingerprint density at radius 3 is 1.42 bits per heavy atom. The maximum Gasteiger partial charge on any atom is 0.143 e. The van der Waals surface area contributed by atoms with E-state index in [0.29, 0.717) is 0 Å². The van der Waals surface area contributed by atoms with Crippen LogP contribution in [0.1, 0.15) is 0 Å². The highest BCUT2D eigenvalue weighted by Crippen LogP contribution is 2.42. The minimum absolute atomic E-state index is 0.885. The average Bonchev–Trinajstić information content (AvgIpc) is 3.63. The molecule has 0 bridgehead atoms. The van der Waals surface area contributed by atoms with E-state index >= 15 is 0 Å². The van der Waals surface area contributed by atoms with Crippen molar-refractivity contribution >= 4 is 28.0 Å². The van der Waals surface area contributed by atoms with Gasteiger partial charge in [-0.15, -0.1) is 0 Å². The molecule has 0 amide bonds. The second kappa shape index (κ2) is 13.8. The Bertz CT molecular complexity index is 2590. The van der Waals surface area contributed by atoms with Crippen LogP contribution in [-0.2, 0) is 0 Å². The van der Waals surface area contributed by atoms with Crippen molar-refractivity contribution in [3.63, 3.8) is 0 Å². The van der Waals surface area contributed by atoms with Crippen LogP contribution in [0.3, 0.4) is 0 Å². The number of fused-ring (bicyclic) bond motifs is 1. The summed E-state index contributed by atoms with van der Waals surface area (Å²) >= 11 is 0. The van der Waals surface area contributed by atoms with Crippen molar-refractivity contribution in [2.75, 3.05) is 4.90 Å². The fourth-order valence-electron chi connectivity index (χ4n) is 7.20. The lowest BCUT2D eigenvalue weighted by Gasteiger charge is -2.26. The molecule has 1 aromatic heterocycles. The zero-order valence-electron chi connectivity index (χ0n) is 28.6. The number of rotatable bonds is 8. The van der Waals surface area contributed by atoms with E-state index in [1.54, 1.807) is 0 Å². The molecular weight excluding hydrogens is 631 g/mol. The zero-order chi connectivity index (χ0) is 34.7. The first-order chi connectivity index (χ1) is 25.8. The van der Waals surface area contributed by atoms with Crippen molar-refractivity contribution in [2.24, 2.45) is 0 Å². The highest BCUT2D eigenvalue weighted by Gasteiger charge is 2.18. The third kappa shape index (κ3) is 5.97. The summed E-state index contributed by atoms with van der Waals surface area (Å²) in [5, 5.41) is 1.12. The SMILES string of the molecule is c1ccc(-c2ccccc2-c2ccc(N(c3ccccc3)c3ccc(-c4cccc(-c5oc6ccccc6c5-c5ccccc5)c4)cc3)cc2)cc1. The lowest BCUT2D eigenvalue weighted by molar-refractivity contribution is 0.632. The van der Waals surface area contributed by atoms with Crippen LogP contribution in [-0.4, -0.2) is 0 Å². The van der Waals surface area contributed by atoms with E-state index in [0.717, 1.165) is 61.6 Å². The summed E-state index contributed by atoms with van der Waals surface area (Å²) in [4.78, 5) is 2.31. The third-order valence-corrected chi connectivity index (χ3v) is 9.70. The molecule has 0 aliphatic rings. The van der Waals surface area contributed by atoms with Crippen LogP contribution >= 0.6 is 0 Å². The largest absolute Gasteiger partial charge is 0.455 e. The number of benzene rings is 8. The van der Waals surface area contributed by atoms with Crippen molar-refractivity contribution in [3.05, 3.63) is 212 Å². The summed E-state index contributed by atoms with van der Waals surface area (Å²) in [5.41, 5.74) is 14.6. The van der Waals surface area contributed by atoms with Gasteiger partial charge in [-0.3, -0.25) is 0 Å². The number of furan rings is 1. The molecule has 2 nitrogen and oxygen atoms in total. The van der Waals surface area contributed by atoms with E-state index < -0.39 is 0 Å². The fraction of sp³-hybridized carbons (Fsp3) is 0. The van der Waals surface area contributed by atoms with Gasteiger partial charge in [0.25, 0.3) is 0 Å². The molecule has 8 aromatic carbocycles. The van der Waals surface area contributed by atoms with Crippen molar-refractivity contribution in [1.29, 1.82) is 0 Å². The van der Waals surface area contributed by atoms with Gasteiger partial charge in [-0.25, -0.2) is 0 Å². The smallest absolute Gasteiger partial charge is 0.143 e. The first-order valence-corrected chi connectivity index (χ1v) is 17.7. The summed E-state index contributed by atoms with van der Waals surface area (Å²) in [6.07, 6.45) is 0. The highest BCUT2D eigenvalue weighted by molar-refractivity contribution is 6.02. The molecule has 246 valence electrons. The Morgan fingerprint density at radius 2 is 0.769 bits per heavy atom. The monoisotopic (exact) mass is 665 g/mol. The molecular formula is C50H35NO. The van der Waals surface area contributed by atoms with E-state index in [4.69, 9.17) is 4.42 Å². The summed E-state index contributed by atoms with van der Waals surface area (Å²) in [7, 11) is 0. The van der Waals surface area contributed by atoms with Crippen LogP contribution in [0.2, 0.25) is 0 Å². The minimum atomic E-state index is 0.885. The molecule has 0 aliphatic carbocycles. The molecule has 9 aromatic rings. The maximum atomic E-state index is 6.54. The molecule has 0 aliphatic heterocycles. The Hall–Kier alpha value is -6.90. The molecule has 0 unspecified atom stereocenters. The molecule has 0 radical (unpaired) electrons. The first kappa shape index (κ1) is 31.1. The van der Waals surface area contributed by atoms with E-state index in [1.807, 2.05) is 12.1 Å². The molecule has 0 atom stereocenters. The van der Waals surface area contributed by atoms with Crippen LogP contribution in [0.25, 0.3) is 66.8 Å². The Labute approximate surface area is 304 Å². The van der Waals surface area contributed by atoms with Crippen LogP contribution in [0.4, 0.5) is 17.1 Å². The van der Waals surface area contributed by atoms with Gasteiger partial charge in [0.05, 0.1) is 0 Å². The minimum Gasteiger partial charge on any atom is -0.455 e. The average molecular weight is 666 g/mol. The van der Waals surface area contributed by atoms with Crippen molar-refractivity contribution in [2.45, 2.75) is 0 Å². The van der Waals surface area contributed by atoms with Gasteiger partial charge in [0, 0.05) is 33.6 Å². The summed E-state index contributed by atoms with van der Waals surface area (Å²) < 4.78 is 6.54. The van der Waals surface area contributed by atoms with Crippen molar-refractivity contribution in [3.8, 4) is 55.8 Å². The lowest BCUT2D eigenvalue weighted by atomic mass is 9.94. The van der Waals surface area contributed by atoms with E-state index in [1.165, 1.54) is 22.3 Å². The van der Waals surface area contributed by atoms with Gasteiger partial charge in [-0.2, -0.15) is 0 Å². The molecule has 2 heteroatoms. The molecule has 52 heavy (non-hydrogen) atoms. The Balaban J connectivity index is 1.06. The second-order valence-electron chi connectivity index (χ2n) is 12.9. The maximum absolute atomic E-state index is 6.54. The standard InChI is InChI=1S/C50H35NO/c1-4-15-37(16-5-1)45-23-10-11-24-46(45)38-29-33-44(34-30-38)51(42-21-8-3-9-22-42)43-31-27-36(28-32-43)40-19-14-20-41(35-40)50-49(39-17-6-2-7-18-39)47-25-12-13-26-48(47)52-50/h1-35H. The predicted molar refractivity (Wildman–Crippen MR) is 218 cm³/mol. The van der Waals surface area contributed by atoms with Gasteiger partial charge in [-0.05, 0) is 87.5 Å². The van der Waals surface area contributed by atoms with Crippen LogP contribution < -0.4 is 4.90 Å². The van der Waals surface area contributed by atoms with Gasteiger partial charge in [0.1, 0.15) is 11.3 Å². The van der Waals surface area contributed by atoms with Gasteiger partial charge in [-0.1, -0.05) is 164 Å². The summed E-state index contributed by atoms with van der Waals surface area (Å²) in [6, 6.07) is 75.0. The van der Waals surface area contributed by atoms with Crippen LogP contribution in [0.15, 0.2) is 217 Å². The number of hydrogen-bond acceptors (Lipinski definition) is 2. The highest BCUT2D eigenvalue weighted by atomic mass is 16.3. The van der Waals surface area contributed by atoms with Crippen LogP contribution in [0, 0.1) is 0 Å². The Morgan fingerprint density at radius 1 is 0.308 bits per heavy atom. The molecule has 0 spiro atoms.